The van der Waals surface area contributed by atoms with Gasteiger partial charge in [-0.3, -0.25) is 9.89 Å². The molecule has 6 heteroatoms. The first kappa shape index (κ1) is 14.0. The highest BCUT2D eigenvalue weighted by Crippen LogP contribution is 2.33. The summed E-state index contributed by atoms with van der Waals surface area (Å²) in [5.74, 6) is 1.28. The summed E-state index contributed by atoms with van der Waals surface area (Å²) < 4.78 is 0. The van der Waals surface area contributed by atoms with E-state index >= 15 is 0 Å². The standard InChI is InChI=1S/C17H19N5O/c1-9-5-12-13(6-10(9)2)21-17(20-12)16-14(8-18-22-16)19-15(23)7-11-3-4-11/h5-6,8,11H,3-4,7H2,1-2H3,(H,18,22)(H,19,23)(H,20,21). The highest BCUT2D eigenvalue weighted by atomic mass is 16.1. The number of nitrogens with one attached hydrogen (secondary N) is 3. The van der Waals surface area contributed by atoms with Gasteiger partial charge < -0.3 is 10.3 Å². The van der Waals surface area contributed by atoms with E-state index in [-0.39, 0.29) is 5.91 Å². The summed E-state index contributed by atoms with van der Waals surface area (Å²) in [4.78, 5) is 19.9. The van der Waals surface area contributed by atoms with Crippen molar-refractivity contribution >= 4 is 22.6 Å². The number of H-pyrrole nitrogens is 2. The molecule has 1 amide bonds. The number of imidazole rings is 1. The van der Waals surface area contributed by atoms with E-state index in [1.165, 1.54) is 11.1 Å². The predicted octanol–water partition coefficient (Wildman–Crippen LogP) is 3.31. The van der Waals surface area contributed by atoms with Crippen LogP contribution in [0.25, 0.3) is 22.6 Å². The van der Waals surface area contributed by atoms with Crippen LogP contribution in [0, 0.1) is 19.8 Å². The van der Waals surface area contributed by atoms with E-state index in [4.69, 9.17) is 0 Å². The molecule has 1 fully saturated rings. The van der Waals surface area contributed by atoms with Crippen LogP contribution < -0.4 is 5.32 Å². The number of benzene rings is 1. The molecule has 3 aromatic rings. The highest BCUT2D eigenvalue weighted by molar-refractivity contribution is 5.94. The van der Waals surface area contributed by atoms with Gasteiger partial charge in [-0.2, -0.15) is 5.10 Å². The van der Waals surface area contributed by atoms with Gasteiger partial charge in [-0.25, -0.2) is 4.98 Å². The molecule has 0 unspecified atom stereocenters. The Balaban J connectivity index is 1.65. The molecule has 23 heavy (non-hydrogen) atoms. The number of aromatic amines is 2. The van der Waals surface area contributed by atoms with E-state index in [0.29, 0.717) is 29.5 Å². The van der Waals surface area contributed by atoms with Gasteiger partial charge >= 0.3 is 0 Å². The van der Waals surface area contributed by atoms with Crippen LogP contribution >= 0.6 is 0 Å². The van der Waals surface area contributed by atoms with Gasteiger partial charge in [0.05, 0.1) is 22.9 Å². The van der Waals surface area contributed by atoms with Gasteiger partial charge in [0, 0.05) is 6.42 Å². The number of amides is 1. The summed E-state index contributed by atoms with van der Waals surface area (Å²) in [6.07, 6.45) is 4.54. The molecule has 4 rings (SSSR count). The van der Waals surface area contributed by atoms with Crippen molar-refractivity contribution in [3.8, 4) is 11.5 Å². The van der Waals surface area contributed by atoms with Crippen molar-refractivity contribution in [3.05, 3.63) is 29.5 Å². The van der Waals surface area contributed by atoms with Gasteiger partial charge in [0.1, 0.15) is 5.69 Å². The van der Waals surface area contributed by atoms with Crippen LogP contribution in [0.2, 0.25) is 0 Å². The molecule has 0 spiro atoms. The Kier molecular flexibility index (Phi) is 3.18. The lowest BCUT2D eigenvalue weighted by molar-refractivity contribution is -0.116. The number of nitrogens with zero attached hydrogens (tertiary/aromatic N) is 2. The lowest BCUT2D eigenvalue weighted by Crippen LogP contribution is -2.12. The molecular formula is C17H19N5O. The van der Waals surface area contributed by atoms with Gasteiger partial charge in [-0.05, 0) is 55.9 Å². The summed E-state index contributed by atoms with van der Waals surface area (Å²) in [5.41, 5.74) is 5.69. The van der Waals surface area contributed by atoms with E-state index in [1.54, 1.807) is 6.20 Å². The van der Waals surface area contributed by atoms with Crippen molar-refractivity contribution in [2.24, 2.45) is 5.92 Å². The third-order valence-electron chi connectivity index (χ3n) is 4.42. The summed E-state index contributed by atoms with van der Waals surface area (Å²) in [5, 5.41) is 9.91. The van der Waals surface area contributed by atoms with Crippen molar-refractivity contribution in [3.63, 3.8) is 0 Å². The Morgan fingerprint density at radius 2 is 2.09 bits per heavy atom. The third-order valence-corrected chi connectivity index (χ3v) is 4.42. The quantitative estimate of drug-likeness (QED) is 0.691. The van der Waals surface area contributed by atoms with Crippen molar-refractivity contribution < 1.29 is 4.79 Å². The lowest BCUT2D eigenvalue weighted by Gasteiger charge is -2.03. The molecule has 1 aromatic carbocycles. The summed E-state index contributed by atoms with van der Waals surface area (Å²) in [6.45, 7) is 4.15. The summed E-state index contributed by atoms with van der Waals surface area (Å²) >= 11 is 0. The Bertz CT molecular complexity index is 849. The molecular weight excluding hydrogens is 290 g/mol. The van der Waals surface area contributed by atoms with Crippen LogP contribution in [0.4, 0.5) is 5.69 Å². The van der Waals surface area contributed by atoms with Gasteiger partial charge in [0.2, 0.25) is 5.91 Å². The monoisotopic (exact) mass is 309 g/mol. The average molecular weight is 309 g/mol. The molecule has 6 nitrogen and oxygen atoms in total. The smallest absolute Gasteiger partial charge is 0.224 e. The molecule has 1 aliphatic carbocycles. The number of fused-ring (bicyclic) bond motifs is 1. The Hall–Kier alpha value is -2.63. The van der Waals surface area contributed by atoms with E-state index in [2.05, 4.69) is 51.5 Å². The van der Waals surface area contributed by atoms with Gasteiger partial charge in [-0.1, -0.05) is 0 Å². The third kappa shape index (κ3) is 2.72. The van der Waals surface area contributed by atoms with Gasteiger partial charge in [-0.15, -0.1) is 0 Å². The number of anilines is 1. The summed E-state index contributed by atoms with van der Waals surface area (Å²) in [7, 11) is 0. The largest absolute Gasteiger partial charge is 0.337 e. The molecule has 0 aliphatic heterocycles. The number of rotatable bonds is 4. The van der Waals surface area contributed by atoms with Crippen LogP contribution in [0.15, 0.2) is 18.3 Å². The SMILES string of the molecule is Cc1cc2nc(-c3[nH]ncc3NC(=O)CC3CC3)[nH]c2cc1C. The maximum atomic E-state index is 12.0. The van der Waals surface area contributed by atoms with Crippen LogP contribution in [0.3, 0.4) is 0 Å². The first-order chi connectivity index (χ1) is 11.1. The minimum Gasteiger partial charge on any atom is -0.337 e. The normalized spacial score (nSPS) is 14.3. The topological polar surface area (TPSA) is 86.5 Å². The van der Waals surface area contributed by atoms with Gasteiger partial charge in [0.25, 0.3) is 0 Å². The average Bonchev–Trinajstić information content (AvgIpc) is 3.04. The lowest BCUT2D eigenvalue weighted by atomic mass is 10.1. The van der Waals surface area contributed by atoms with Crippen LogP contribution in [-0.2, 0) is 4.79 Å². The second-order valence-electron chi connectivity index (χ2n) is 6.39. The van der Waals surface area contributed by atoms with Crippen LogP contribution in [0.5, 0.6) is 0 Å². The fourth-order valence-corrected chi connectivity index (χ4v) is 2.73. The van der Waals surface area contributed by atoms with Crippen LogP contribution in [0.1, 0.15) is 30.4 Å². The number of hydrogen-bond acceptors (Lipinski definition) is 3. The van der Waals surface area contributed by atoms with Gasteiger partial charge in [0.15, 0.2) is 5.82 Å². The highest BCUT2D eigenvalue weighted by Gasteiger charge is 2.25. The number of aromatic nitrogens is 4. The van der Waals surface area contributed by atoms with Crippen molar-refractivity contribution in [1.82, 2.24) is 20.2 Å². The Labute approximate surface area is 133 Å². The van der Waals surface area contributed by atoms with Crippen molar-refractivity contribution in [1.29, 1.82) is 0 Å². The molecule has 3 N–H and O–H groups in total. The molecule has 1 saturated carbocycles. The zero-order chi connectivity index (χ0) is 16.0. The van der Waals surface area contributed by atoms with E-state index in [9.17, 15) is 4.79 Å². The van der Waals surface area contributed by atoms with E-state index < -0.39 is 0 Å². The number of aryl methyl sites for hydroxylation is 2. The summed E-state index contributed by atoms with van der Waals surface area (Å²) in [6, 6.07) is 4.15. The zero-order valence-electron chi connectivity index (χ0n) is 13.2. The first-order valence-electron chi connectivity index (χ1n) is 7.90. The first-order valence-corrected chi connectivity index (χ1v) is 7.90. The number of hydrogen-bond donors (Lipinski definition) is 3. The Morgan fingerprint density at radius 3 is 2.87 bits per heavy atom. The van der Waals surface area contributed by atoms with E-state index in [0.717, 1.165) is 23.9 Å². The van der Waals surface area contributed by atoms with Crippen molar-refractivity contribution in [2.45, 2.75) is 33.1 Å². The fourth-order valence-electron chi connectivity index (χ4n) is 2.73. The zero-order valence-corrected chi connectivity index (χ0v) is 13.2. The molecule has 118 valence electrons. The minimum atomic E-state index is 0.0398. The maximum Gasteiger partial charge on any atom is 0.224 e. The fraction of sp³-hybridized carbons (Fsp3) is 0.353. The molecule has 2 heterocycles. The maximum absolute atomic E-state index is 12.0. The number of carbonyl (C=O) groups excluding carboxylic acids is 1. The molecule has 2 aromatic heterocycles. The van der Waals surface area contributed by atoms with Crippen molar-refractivity contribution in [2.75, 3.05) is 5.32 Å². The molecule has 0 bridgehead atoms. The van der Waals surface area contributed by atoms with Crippen LogP contribution in [-0.4, -0.2) is 26.1 Å². The number of carbonyl (C=O) groups is 1. The molecule has 1 aliphatic rings. The second-order valence-corrected chi connectivity index (χ2v) is 6.39. The second kappa shape index (κ2) is 5.22. The minimum absolute atomic E-state index is 0.0398. The molecule has 0 atom stereocenters. The molecule has 0 saturated heterocycles. The van der Waals surface area contributed by atoms with E-state index in [1.807, 2.05) is 0 Å². The Morgan fingerprint density at radius 1 is 1.30 bits per heavy atom. The molecule has 0 radical (unpaired) electrons. The predicted molar refractivity (Wildman–Crippen MR) is 89.1 cm³/mol.